The highest BCUT2D eigenvalue weighted by molar-refractivity contribution is 9.10. The number of nitrogens with two attached hydrogens (primary N) is 1. The Labute approximate surface area is 92.2 Å². The monoisotopic (exact) mass is 280 g/mol. The molecule has 0 aliphatic heterocycles. The van der Waals surface area contributed by atoms with E-state index in [9.17, 15) is 13.6 Å². The van der Waals surface area contributed by atoms with E-state index in [1.165, 1.54) is 0 Å². The van der Waals surface area contributed by atoms with E-state index < -0.39 is 30.1 Å². The Hall–Kier alpha value is -1.08. The minimum absolute atomic E-state index is 0.170. The van der Waals surface area contributed by atoms with E-state index in [0.717, 1.165) is 6.20 Å². The molecule has 7 heteroatoms. The molecule has 1 aromatic rings. The zero-order valence-corrected chi connectivity index (χ0v) is 8.96. The van der Waals surface area contributed by atoms with Gasteiger partial charge in [0.15, 0.2) is 5.82 Å². The van der Waals surface area contributed by atoms with Crippen LogP contribution < -0.4 is 5.73 Å². The SMILES string of the molecule is NC(Cc1c(F)cnc(Br)c1F)C(=O)O. The number of rotatable bonds is 3. The summed E-state index contributed by atoms with van der Waals surface area (Å²) in [6.45, 7) is 0. The first kappa shape index (κ1) is 12.0. The normalized spacial score (nSPS) is 12.5. The molecular formula is C8H7BrF2N2O2. The van der Waals surface area contributed by atoms with E-state index in [2.05, 4.69) is 20.9 Å². The van der Waals surface area contributed by atoms with Crippen LogP contribution in [0.1, 0.15) is 5.56 Å². The van der Waals surface area contributed by atoms with Gasteiger partial charge in [0.25, 0.3) is 0 Å². The molecule has 82 valence electrons. The van der Waals surface area contributed by atoms with Crippen molar-refractivity contribution < 1.29 is 18.7 Å². The van der Waals surface area contributed by atoms with Crippen molar-refractivity contribution in [2.45, 2.75) is 12.5 Å². The van der Waals surface area contributed by atoms with E-state index in [0.29, 0.717) is 0 Å². The Bertz CT molecular complexity index is 400. The number of pyridine rings is 1. The highest BCUT2D eigenvalue weighted by Gasteiger charge is 2.20. The van der Waals surface area contributed by atoms with Crippen molar-refractivity contribution in [3.8, 4) is 0 Å². The molecule has 0 aliphatic rings. The fourth-order valence-electron chi connectivity index (χ4n) is 0.972. The molecule has 1 atom stereocenters. The number of carboxylic acid groups (broad SMARTS) is 1. The molecule has 4 nitrogen and oxygen atoms in total. The van der Waals surface area contributed by atoms with Gasteiger partial charge in [-0.1, -0.05) is 0 Å². The van der Waals surface area contributed by atoms with Gasteiger partial charge in [0.2, 0.25) is 0 Å². The third-order valence-electron chi connectivity index (χ3n) is 1.77. The van der Waals surface area contributed by atoms with Crippen LogP contribution in [0.4, 0.5) is 8.78 Å². The number of carbonyl (C=O) groups is 1. The molecule has 0 aromatic carbocycles. The molecule has 0 radical (unpaired) electrons. The van der Waals surface area contributed by atoms with Gasteiger partial charge in [-0.3, -0.25) is 4.79 Å². The quantitative estimate of drug-likeness (QED) is 0.813. The number of hydrogen-bond acceptors (Lipinski definition) is 3. The van der Waals surface area contributed by atoms with Crippen LogP contribution in [-0.4, -0.2) is 22.1 Å². The van der Waals surface area contributed by atoms with Gasteiger partial charge in [-0.2, -0.15) is 0 Å². The number of nitrogens with zero attached hydrogens (tertiary/aromatic N) is 1. The number of carboxylic acids is 1. The van der Waals surface area contributed by atoms with Gasteiger partial charge in [0, 0.05) is 12.0 Å². The van der Waals surface area contributed by atoms with Crippen LogP contribution in [0, 0.1) is 11.6 Å². The second-order valence-corrected chi connectivity index (χ2v) is 3.59. The molecule has 0 saturated carbocycles. The van der Waals surface area contributed by atoms with Gasteiger partial charge in [-0.15, -0.1) is 0 Å². The average molecular weight is 281 g/mol. The van der Waals surface area contributed by atoms with Crippen molar-refractivity contribution in [2.75, 3.05) is 0 Å². The molecule has 15 heavy (non-hydrogen) atoms. The van der Waals surface area contributed by atoms with Crippen molar-refractivity contribution in [1.82, 2.24) is 4.98 Å². The Morgan fingerprint density at radius 2 is 2.27 bits per heavy atom. The van der Waals surface area contributed by atoms with Crippen LogP contribution in [0.5, 0.6) is 0 Å². The molecule has 0 amide bonds. The lowest BCUT2D eigenvalue weighted by Gasteiger charge is -2.08. The van der Waals surface area contributed by atoms with Gasteiger partial charge in [0.1, 0.15) is 16.5 Å². The van der Waals surface area contributed by atoms with Crippen molar-refractivity contribution in [3.63, 3.8) is 0 Å². The Balaban J connectivity index is 3.03. The van der Waals surface area contributed by atoms with E-state index >= 15 is 0 Å². The van der Waals surface area contributed by atoms with Crippen molar-refractivity contribution in [3.05, 3.63) is 28.0 Å². The minimum atomic E-state index is -1.34. The molecule has 0 bridgehead atoms. The second kappa shape index (κ2) is 4.63. The van der Waals surface area contributed by atoms with Crippen LogP contribution in [0.3, 0.4) is 0 Å². The third-order valence-corrected chi connectivity index (χ3v) is 2.32. The summed E-state index contributed by atoms with van der Waals surface area (Å²) in [5, 5.41) is 8.50. The second-order valence-electron chi connectivity index (χ2n) is 2.84. The summed E-state index contributed by atoms with van der Waals surface area (Å²) in [5.41, 5.74) is 4.79. The largest absolute Gasteiger partial charge is 0.480 e. The predicted octanol–water partition coefficient (Wildman–Crippen LogP) is 1.08. The lowest BCUT2D eigenvalue weighted by molar-refractivity contribution is -0.138. The van der Waals surface area contributed by atoms with Gasteiger partial charge in [-0.05, 0) is 15.9 Å². The van der Waals surface area contributed by atoms with Crippen LogP contribution in [0.25, 0.3) is 0 Å². The molecular weight excluding hydrogens is 274 g/mol. The number of hydrogen-bond donors (Lipinski definition) is 2. The predicted molar refractivity (Wildman–Crippen MR) is 51.2 cm³/mol. The summed E-state index contributed by atoms with van der Waals surface area (Å²) in [6, 6.07) is -1.34. The summed E-state index contributed by atoms with van der Waals surface area (Å²) in [5.74, 6) is -3.15. The molecule has 0 saturated heterocycles. The lowest BCUT2D eigenvalue weighted by Crippen LogP contribution is -2.33. The third kappa shape index (κ3) is 2.69. The number of halogens is 3. The van der Waals surface area contributed by atoms with Crippen LogP contribution in [0.15, 0.2) is 10.8 Å². The summed E-state index contributed by atoms with van der Waals surface area (Å²) < 4.78 is 26.2. The van der Waals surface area contributed by atoms with Crippen LogP contribution in [0.2, 0.25) is 0 Å². The minimum Gasteiger partial charge on any atom is -0.480 e. The maximum absolute atomic E-state index is 13.3. The zero-order chi connectivity index (χ0) is 11.6. The molecule has 0 aliphatic carbocycles. The van der Waals surface area contributed by atoms with Crippen LogP contribution >= 0.6 is 15.9 Å². The molecule has 0 spiro atoms. The molecule has 3 N–H and O–H groups in total. The summed E-state index contributed by atoms with van der Waals surface area (Å²) >= 11 is 2.77. The Morgan fingerprint density at radius 3 is 2.80 bits per heavy atom. The van der Waals surface area contributed by atoms with Gasteiger partial charge in [0.05, 0.1) is 6.20 Å². The first-order chi connectivity index (χ1) is 6.93. The Kier molecular flexibility index (Phi) is 3.70. The first-order valence-corrected chi connectivity index (χ1v) is 4.69. The van der Waals surface area contributed by atoms with E-state index in [1.54, 1.807) is 0 Å². The van der Waals surface area contributed by atoms with E-state index in [-0.39, 0.29) is 10.2 Å². The highest BCUT2D eigenvalue weighted by atomic mass is 79.9. The molecule has 1 unspecified atom stereocenters. The maximum Gasteiger partial charge on any atom is 0.320 e. The summed E-state index contributed by atoms with van der Waals surface area (Å²) in [4.78, 5) is 13.8. The molecule has 1 heterocycles. The van der Waals surface area contributed by atoms with E-state index in [4.69, 9.17) is 10.8 Å². The topological polar surface area (TPSA) is 76.2 Å². The standard InChI is InChI=1S/C8H7BrF2N2O2/c9-7-6(11)3(4(10)2-13-7)1-5(12)8(14)15/h2,5H,1,12H2,(H,14,15). The van der Waals surface area contributed by atoms with Crippen molar-refractivity contribution in [2.24, 2.45) is 5.73 Å². The van der Waals surface area contributed by atoms with Crippen molar-refractivity contribution >= 4 is 21.9 Å². The highest BCUT2D eigenvalue weighted by Crippen LogP contribution is 2.19. The maximum atomic E-state index is 13.3. The molecule has 1 rings (SSSR count). The average Bonchev–Trinajstić information content (AvgIpc) is 2.18. The van der Waals surface area contributed by atoms with Gasteiger partial charge < -0.3 is 10.8 Å². The smallest absolute Gasteiger partial charge is 0.320 e. The van der Waals surface area contributed by atoms with Crippen LogP contribution in [-0.2, 0) is 11.2 Å². The summed E-state index contributed by atoms with van der Waals surface area (Å²) in [6.07, 6.45) is 0.380. The first-order valence-electron chi connectivity index (χ1n) is 3.90. The van der Waals surface area contributed by atoms with Gasteiger partial charge >= 0.3 is 5.97 Å². The summed E-state index contributed by atoms with van der Waals surface area (Å²) in [7, 11) is 0. The number of aromatic nitrogens is 1. The fourth-order valence-corrected chi connectivity index (χ4v) is 1.31. The zero-order valence-electron chi connectivity index (χ0n) is 7.38. The fraction of sp³-hybridized carbons (Fsp3) is 0.250. The number of aliphatic carboxylic acids is 1. The molecule has 1 aromatic heterocycles. The van der Waals surface area contributed by atoms with E-state index in [1.807, 2.05) is 0 Å². The van der Waals surface area contributed by atoms with Crippen molar-refractivity contribution in [1.29, 1.82) is 0 Å². The van der Waals surface area contributed by atoms with Gasteiger partial charge in [-0.25, -0.2) is 13.8 Å². The lowest BCUT2D eigenvalue weighted by atomic mass is 10.1. The molecule has 0 fully saturated rings. The Morgan fingerprint density at radius 1 is 1.67 bits per heavy atom.